The predicted molar refractivity (Wildman–Crippen MR) is 56.9 cm³/mol. The number of halogens is 1. The second kappa shape index (κ2) is 3.64. The summed E-state index contributed by atoms with van der Waals surface area (Å²) in [6, 6.07) is 8.26. The average Bonchev–Trinajstić information content (AvgIpc) is 2.28. The van der Waals surface area contributed by atoms with Crippen LogP contribution in [0.1, 0.15) is 11.1 Å². The fourth-order valence-electron chi connectivity index (χ4n) is 1.61. The van der Waals surface area contributed by atoms with Crippen molar-refractivity contribution in [1.29, 1.82) is 0 Å². The molecule has 1 aromatic carbocycles. The van der Waals surface area contributed by atoms with E-state index in [1.165, 1.54) is 11.1 Å². The van der Waals surface area contributed by atoms with Gasteiger partial charge in [-0.25, -0.2) is 0 Å². The highest BCUT2D eigenvalue weighted by Gasteiger charge is 2.14. The zero-order valence-electron chi connectivity index (χ0n) is 7.20. The summed E-state index contributed by atoms with van der Waals surface area (Å²) in [6.45, 7) is 0. The molecule has 2 rings (SSSR count). The summed E-state index contributed by atoms with van der Waals surface area (Å²) >= 11 is 3.37. The van der Waals surface area contributed by atoms with Gasteiger partial charge in [-0.1, -0.05) is 46.3 Å². The number of hydrogen-bond acceptors (Lipinski definition) is 1. The largest absolute Gasteiger partial charge is 0.388 e. The van der Waals surface area contributed by atoms with Crippen LogP contribution in [0.2, 0.25) is 0 Å². The van der Waals surface area contributed by atoms with E-state index in [1.807, 2.05) is 18.2 Å². The second-order valence-electron chi connectivity index (χ2n) is 3.28. The molecule has 0 amide bonds. The minimum Gasteiger partial charge on any atom is -0.388 e. The van der Waals surface area contributed by atoms with Gasteiger partial charge in [0.15, 0.2) is 0 Å². The molecule has 0 saturated carbocycles. The van der Waals surface area contributed by atoms with Crippen molar-refractivity contribution in [3.8, 4) is 0 Å². The first kappa shape index (κ1) is 8.97. The Morgan fingerprint density at radius 3 is 2.69 bits per heavy atom. The van der Waals surface area contributed by atoms with Gasteiger partial charge in [0, 0.05) is 10.9 Å². The maximum absolute atomic E-state index is 9.69. The molecule has 0 aromatic heterocycles. The third kappa shape index (κ3) is 1.84. The Morgan fingerprint density at radius 2 is 1.92 bits per heavy atom. The Balaban J connectivity index is 2.38. The Bertz CT molecular complexity index is 344. The Kier molecular flexibility index (Phi) is 2.51. The van der Waals surface area contributed by atoms with Crippen LogP contribution in [0, 0.1) is 0 Å². The highest BCUT2D eigenvalue weighted by Crippen LogP contribution is 2.23. The minimum atomic E-state index is -0.372. The van der Waals surface area contributed by atoms with Crippen molar-refractivity contribution in [3.63, 3.8) is 0 Å². The van der Waals surface area contributed by atoms with Crippen molar-refractivity contribution < 1.29 is 5.11 Å². The molecule has 1 unspecified atom stereocenters. The lowest BCUT2D eigenvalue weighted by Gasteiger charge is -2.08. The SMILES string of the molecule is OC1Cc2ccccc2CC=C1Br. The lowest BCUT2D eigenvalue weighted by Crippen LogP contribution is -2.09. The number of rotatable bonds is 0. The van der Waals surface area contributed by atoms with E-state index in [4.69, 9.17) is 0 Å². The molecule has 0 bridgehead atoms. The molecule has 1 aliphatic carbocycles. The molecule has 0 radical (unpaired) electrons. The van der Waals surface area contributed by atoms with Crippen LogP contribution in [0.3, 0.4) is 0 Å². The van der Waals surface area contributed by atoms with Crippen LogP contribution in [-0.2, 0) is 12.8 Å². The topological polar surface area (TPSA) is 20.2 Å². The molecule has 1 atom stereocenters. The Morgan fingerprint density at radius 1 is 1.23 bits per heavy atom. The molecule has 1 N–H and O–H groups in total. The van der Waals surface area contributed by atoms with Gasteiger partial charge in [0.25, 0.3) is 0 Å². The molecule has 0 heterocycles. The van der Waals surface area contributed by atoms with E-state index in [9.17, 15) is 5.11 Å². The van der Waals surface area contributed by atoms with Gasteiger partial charge in [0.05, 0.1) is 6.10 Å². The summed E-state index contributed by atoms with van der Waals surface area (Å²) in [5.74, 6) is 0. The van der Waals surface area contributed by atoms with Crippen molar-refractivity contribution in [2.24, 2.45) is 0 Å². The zero-order valence-corrected chi connectivity index (χ0v) is 8.79. The number of benzene rings is 1. The third-order valence-electron chi connectivity index (χ3n) is 2.37. The molecule has 0 saturated heterocycles. The van der Waals surface area contributed by atoms with E-state index in [-0.39, 0.29) is 6.10 Å². The normalized spacial score (nSPS) is 21.7. The quantitative estimate of drug-likeness (QED) is 0.737. The molecule has 0 fully saturated rings. The summed E-state index contributed by atoms with van der Waals surface area (Å²) in [4.78, 5) is 0. The summed E-state index contributed by atoms with van der Waals surface area (Å²) in [7, 11) is 0. The van der Waals surface area contributed by atoms with Crippen molar-refractivity contribution >= 4 is 15.9 Å². The standard InChI is InChI=1S/C11H11BrO/c12-10-6-5-8-3-1-2-4-9(8)7-11(10)13/h1-4,6,11,13H,5,7H2. The summed E-state index contributed by atoms with van der Waals surface area (Å²) < 4.78 is 0.906. The van der Waals surface area contributed by atoms with Gasteiger partial charge in [-0.2, -0.15) is 0 Å². The van der Waals surface area contributed by atoms with E-state index in [2.05, 4.69) is 28.1 Å². The van der Waals surface area contributed by atoms with Crippen molar-refractivity contribution in [1.82, 2.24) is 0 Å². The van der Waals surface area contributed by atoms with Gasteiger partial charge in [-0.05, 0) is 17.5 Å². The minimum absolute atomic E-state index is 0.372. The fourth-order valence-corrected chi connectivity index (χ4v) is 1.93. The molecule has 1 nitrogen and oxygen atoms in total. The second-order valence-corrected chi connectivity index (χ2v) is 4.20. The highest BCUT2D eigenvalue weighted by molar-refractivity contribution is 9.11. The van der Waals surface area contributed by atoms with Crippen LogP contribution in [0.4, 0.5) is 0 Å². The van der Waals surface area contributed by atoms with E-state index in [0.29, 0.717) is 6.42 Å². The van der Waals surface area contributed by atoms with Gasteiger partial charge in [0.1, 0.15) is 0 Å². The van der Waals surface area contributed by atoms with Crippen LogP contribution in [-0.4, -0.2) is 11.2 Å². The molecular weight excluding hydrogens is 228 g/mol. The number of aliphatic hydroxyl groups is 1. The lowest BCUT2D eigenvalue weighted by molar-refractivity contribution is 0.221. The summed E-state index contributed by atoms with van der Waals surface area (Å²) in [5.41, 5.74) is 2.57. The number of aliphatic hydroxyl groups excluding tert-OH is 1. The molecule has 0 aliphatic heterocycles. The maximum Gasteiger partial charge on any atom is 0.0891 e. The molecule has 68 valence electrons. The first-order valence-electron chi connectivity index (χ1n) is 4.38. The maximum atomic E-state index is 9.69. The van der Waals surface area contributed by atoms with Crippen LogP contribution >= 0.6 is 15.9 Å². The van der Waals surface area contributed by atoms with Crippen LogP contribution in [0.15, 0.2) is 34.8 Å². The predicted octanol–water partition coefficient (Wildman–Crippen LogP) is 2.42. The van der Waals surface area contributed by atoms with Crippen LogP contribution in [0.5, 0.6) is 0 Å². The smallest absolute Gasteiger partial charge is 0.0891 e. The zero-order chi connectivity index (χ0) is 9.26. The molecular formula is C11H11BrO. The average molecular weight is 239 g/mol. The molecule has 1 aliphatic rings. The molecule has 1 aromatic rings. The molecule has 13 heavy (non-hydrogen) atoms. The van der Waals surface area contributed by atoms with Crippen molar-refractivity contribution in [2.45, 2.75) is 18.9 Å². The first-order valence-corrected chi connectivity index (χ1v) is 5.17. The van der Waals surface area contributed by atoms with Crippen LogP contribution in [0.25, 0.3) is 0 Å². The highest BCUT2D eigenvalue weighted by atomic mass is 79.9. The summed E-state index contributed by atoms with van der Waals surface area (Å²) in [5, 5.41) is 9.69. The Labute approximate surface area is 86.2 Å². The van der Waals surface area contributed by atoms with Crippen molar-refractivity contribution in [2.75, 3.05) is 0 Å². The van der Waals surface area contributed by atoms with E-state index >= 15 is 0 Å². The van der Waals surface area contributed by atoms with Gasteiger partial charge >= 0.3 is 0 Å². The Hall–Kier alpha value is -0.600. The van der Waals surface area contributed by atoms with E-state index < -0.39 is 0 Å². The monoisotopic (exact) mass is 238 g/mol. The first-order chi connectivity index (χ1) is 6.27. The number of allylic oxidation sites excluding steroid dienone is 1. The van der Waals surface area contributed by atoms with Gasteiger partial charge in [0.2, 0.25) is 0 Å². The van der Waals surface area contributed by atoms with Gasteiger partial charge in [-0.3, -0.25) is 0 Å². The van der Waals surface area contributed by atoms with Crippen molar-refractivity contribution in [3.05, 3.63) is 46.0 Å². The number of fused-ring (bicyclic) bond motifs is 1. The third-order valence-corrected chi connectivity index (χ3v) is 3.22. The van der Waals surface area contributed by atoms with Gasteiger partial charge < -0.3 is 5.11 Å². The molecule has 2 heteroatoms. The van der Waals surface area contributed by atoms with E-state index in [0.717, 1.165) is 10.9 Å². The van der Waals surface area contributed by atoms with Crippen LogP contribution < -0.4 is 0 Å². The van der Waals surface area contributed by atoms with Gasteiger partial charge in [-0.15, -0.1) is 0 Å². The summed E-state index contributed by atoms with van der Waals surface area (Å²) in [6.07, 6.45) is 3.29. The van der Waals surface area contributed by atoms with E-state index in [1.54, 1.807) is 0 Å². The fraction of sp³-hybridized carbons (Fsp3) is 0.273. The lowest BCUT2D eigenvalue weighted by atomic mass is 10.0. The molecule has 0 spiro atoms. The number of hydrogen-bond donors (Lipinski definition) is 1.